The van der Waals surface area contributed by atoms with Crippen LogP contribution in [0.25, 0.3) is 0 Å². The van der Waals surface area contributed by atoms with E-state index in [1.54, 1.807) is 0 Å². The third kappa shape index (κ3) is 3.52. The standard InChI is InChI=1S/C13H19FN2O2S/c1-9(11-3-4-11)8-16-19(17,18)13-6-10(7-15)2-5-12(13)14/h2,5-6,9,11,16H,3-4,7-8,15H2,1H3. The Bertz CT molecular complexity index is 556. The Balaban J connectivity index is 2.13. The van der Waals surface area contributed by atoms with Crippen molar-refractivity contribution in [1.82, 2.24) is 4.72 Å². The van der Waals surface area contributed by atoms with Crippen LogP contribution in [0.2, 0.25) is 0 Å². The van der Waals surface area contributed by atoms with Gasteiger partial charge in [0.2, 0.25) is 10.0 Å². The van der Waals surface area contributed by atoms with E-state index in [0.29, 0.717) is 18.0 Å². The van der Waals surface area contributed by atoms with Gasteiger partial charge in [-0.25, -0.2) is 17.5 Å². The summed E-state index contributed by atoms with van der Waals surface area (Å²) >= 11 is 0. The number of hydrogen-bond donors (Lipinski definition) is 2. The van der Waals surface area contributed by atoms with E-state index in [1.165, 1.54) is 12.1 Å². The molecule has 0 saturated heterocycles. The summed E-state index contributed by atoms with van der Waals surface area (Å²) in [6.07, 6.45) is 2.31. The summed E-state index contributed by atoms with van der Waals surface area (Å²) in [6.45, 7) is 2.54. The van der Waals surface area contributed by atoms with Gasteiger partial charge in [0, 0.05) is 13.1 Å². The number of halogens is 1. The molecule has 0 aliphatic heterocycles. The van der Waals surface area contributed by atoms with Crippen molar-refractivity contribution < 1.29 is 12.8 Å². The highest BCUT2D eigenvalue weighted by molar-refractivity contribution is 7.89. The second-order valence-corrected chi connectivity index (χ2v) is 6.87. The molecule has 1 aromatic carbocycles. The number of nitrogens with one attached hydrogen (secondary N) is 1. The zero-order chi connectivity index (χ0) is 14.0. The molecule has 1 aliphatic carbocycles. The zero-order valence-corrected chi connectivity index (χ0v) is 11.7. The van der Waals surface area contributed by atoms with Gasteiger partial charge in [0.1, 0.15) is 10.7 Å². The Morgan fingerprint density at radius 2 is 2.16 bits per heavy atom. The van der Waals surface area contributed by atoms with Crippen molar-refractivity contribution in [3.63, 3.8) is 0 Å². The lowest BCUT2D eigenvalue weighted by Crippen LogP contribution is -2.30. The van der Waals surface area contributed by atoms with Crippen molar-refractivity contribution in [2.75, 3.05) is 6.54 Å². The topological polar surface area (TPSA) is 72.2 Å². The van der Waals surface area contributed by atoms with Crippen LogP contribution in [0.1, 0.15) is 25.3 Å². The molecule has 6 heteroatoms. The van der Waals surface area contributed by atoms with Gasteiger partial charge in [-0.3, -0.25) is 0 Å². The summed E-state index contributed by atoms with van der Waals surface area (Å²) in [7, 11) is -3.80. The van der Waals surface area contributed by atoms with Crippen LogP contribution in [-0.4, -0.2) is 15.0 Å². The smallest absolute Gasteiger partial charge is 0.243 e. The molecular weight excluding hydrogens is 267 g/mol. The van der Waals surface area contributed by atoms with Gasteiger partial charge in [0.25, 0.3) is 0 Å². The van der Waals surface area contributed by atoms with Crippen LogP contribution < -0.4 is 10.5 Å². The van der Waals surface area contributed by atoms with E-state index >= 15 is 0 Å². The molecule has 1 fully saturated rings. The van der Waals surface area contributed by atoms with Gasteiger partial charge >= 0.3 is 0 Å². The van der Waals surface area contributed by atoms with Crippen LogP contribution >= 0.6 is 0 Å². The van der Waals surface area contributed by atoms with E-state index in [-0.39, 0.29) is 17.4 Å². The fourth-order valence-electron chi connectivity index (χ4n) is 2.03. The number of sulfonamides is 1. The van der Waals surface area contributed by atoms with E-state index in [9.17, 15) is 12.8 Å². The Labute approximate surface area is 113 Å². The van der Waals surface area contributed by atoms with Gasteiger partial charge in [-0.15, -0.1) is 0 Å². The molecule has 1 atom stereocenters. The van der Waals surface area contributed by atoms with E-state index in [2.05, 4.69) is 4.72 Å². The minimum Gasteiger partial charge on any atom is -0.326 e. The Hall–Kier alpha value is -0.980. The lowest BCUT2D eigenvalue weighted by atomic mass is 10.1. The number of nitrogens with two attached hydrogens (primary N) is 1. The first kappa shape index (κ1) is 14.4. The minimum atomic E-state index is -3.80. The van der Waals surface area contributed by atoms with E-state index in [4.69, 9.17) is 5.73 Å². The summed E-state index contributed by atoms with van der Waals surface area (Å²) in [4.78, 5) is -0.321. The molecule has 4 nitrogen and oxygen atoms in total. The fraction of sp³-hybridized carbons (Fsp3) is 0.538. The van der Waals surface area contributed by atoms with Crippen molar-refractivity contribution in [1.29, 1.82) is 0 Å². The van der Waals surface area contributed by atoms with Crippen LogP contribution in [0.15, 0.2) is 23.1 Å². The average molecular weight is 286 g/mol. The zero-order valence-electron chi connectivity index (χ0n) is 10.9. The van der Waals surface area contributed by atoms with Gasteiger partial charge in [-0.1, -0.05) is 13.0 Å². The summed E-state index contributed by atoms with van der Waals surface area (Å²) in [5, 5.41) is 0. The highest BCUT2D eigenvalue weighted by Crippen LogP contribution is 2.36. The molecule has 0 spiro atoms. The minimum absolute atomic E-state index is 0.182. The summed E-state index contributed by atoms with van der Waals surface area (Å²) in [5.41, 5.74) is 6.04. The van der Waals surface area contributed by atoms with Crippen LogP contribution in [0.5, 0.6) is 0 Å². The molecule has 3 N–H and O–H groups in total. The predicted octanol–water partition coefficient (Wildman–Crippen LogP) is 1.61. The second kappa shape index (κ2) is 5.56. The molecule has 1 aliphatic rings. The third-order valence-corrected chi connectivity index (χ3v) is 4.98. The van der Waals surface area contributed by atoms with Crippen LogP contribution in [0.4, 0.5) is 4.39 Å². The van der Waals surface area contributed by atoms with Crippen LogP contribution in [-0.2, 0) is 16.6 Å². The van der Waals surface area contributed by atoms with Gasteiger partial charge in [-0.2, -0.15) is 0 Å². The molecule has 0 heterocycles. The van der Waals surface area contributed by atoms with Gasteiger partial charge in [0.15, 0.2) is 0 Å². The third-order valence-electron chi connectivity index (χ3n) is 3.54. The molecule has 0 radical (unpaired) electrons. The fourth-order valence-corrected chi connectivity index (χ4v) is 3.30. The Morgan fingerprint density at radius 3 is 2.74 bits per heavy atom. The first-order valence-electron chi connectivity index (χ1n) is 6.42. The summed E-state index contributed by atoms with van der Waals surface area (Å²) in [5.74, 6) is 0.141. The molecule has 0 aromatic heterocycles. The monoisotopic (exact) mass is 286 g/mol. The quantitative estimate of drug-likeness (QED) is 0.834. The largest absolute Gasteiger partial charge is 0.326 e. The predicted molar refractivity (Wildman–Crippen MR) is 71.4 cm³/mol. The molecular formula is C13H19FN2O2S. The van der Waals surface area contributed by atoms with Crippen molar-refractivity contribution in [3.05, 3.63) is 29.6 Å². The molecule has 106 valence electrons. The highest BCUT2D eigenvalue weighted by Gasteiger charge is 2.29. The van der Waals surface area contributed by atoms with Crippen LogP contribution in [0.3, 0.4) is 0 Å². The van der Waals surface area contributed by atoms with Gasteiger partial charge in [-0.05, 0) is 42.4 Å². The molecule has 2 rings (SSSR count). The van der Waals surface area contributed by atoms with E-state index < -0.39 is 15.8 Å². The number of hydrogen-bond acceptors (Lipinski definition) is 3. The van der Waals surface area contributed by atoms with Crippen molar-refractivity contribution >= 4 is 10.0 Å². The maximum atomic E-state index is 13.6. The Morgan fingerprint density at radius 1 is 1.47 bits per heavy atom. The van der Waals surface area contributed by atoms with Crippen molar-refractivity contribution in [3.8, 4) is 0 Å². The summed E-state index contributed by atoms with van der Waals surface area (Å²) < 4.78 is 40.3. The molecule has 1 aromatic rings. The van der Waals surface area contributed by atoms with E-state index in [1.807, 2.05) is 6.92 Å². The number of benzene rings is 1. The normalized spacial score (nSPS) is 17.4. The summed E-state index contributed by atoms with van der Waals surface area (Å²) in [6, 6.07) is 3.92. The van der Waals surface area contributed by atoms with Gasteiger partial charge < -0.3 is 5.73 Å². The maximum Gasteiger partial charge on any atom is 0.243 e. The first-order chi connectivity index (χ1) is 8.94. The lowest BCUT2D eigenvalue weighted by molar-refractivity contribution is 0.489. The van der Waals surface area contributed by atoms with Crippen LogP contribution in [0, 0.1) is 17.7 Å². The number of rotatable bonds is 6. The lowest BCUT2D eigenvalue weighted by Gasteiger charge is -2.13. The maximum absolute atomic E-state index is 13.6. The SMILES string of the molecule is CC(CNS(=O)(=O)c1cc(CN)ccc1F)C1CC1. The van der Waals surface area contributed by atoms with Crippen molar-refractivity contribution in [2.45, 2.75) is 31.2 Å². The second-order valence-electron chi connectivity index (χ2n) is 5.14. The molecule has 1 unspecified atom stereocenters. The Kier molecular flexibility index (Phi) is 4.23. The average Bonchev–Trinajstić information content (AvgIpc) is 3.20. The van der Waals surface area contributed by atoms with E-state index in [0.717, 1.165) is 18.9 Å². The molecule has 1 saturated carbocycles. The molecule has 19 heavy (non-hydrogen) atoms. The van der Waals surface area contributed by atoms with Crippen molar-refractivity contribution in [2.24, 2.45) is 17.6 Å². The molecule has 0 amide bonds. The first-order valence-corrected chi connectivity index (χ1v) is 7.90. The highest BCUT2D eigenvalue weighted by atomic mass is 32.2. The van der Waals surface area contributed by atoms with Gasteiger partial charge in [0.05, 0.1) is 0 Å². The molecule has 0 bridgehead atoms.